The molecular formula is C16H28O4. The van der Waals surface area contributed by atoms with E-state index >= 15 is 0 Å². The summed E-state index contributed by atoms with van der Waals surface area (Å²) in [6.07, 6.45) is 6.80. The maximum absolute atomic E-state index is 11.8. The minimum Gasteiger partial charge on any atom is -0.465 e. The molecule has 4 heteroatoms. The van der Waals surface area contributed by atoms with Crippen LogP contribution in [0.15, 0.2) is 0 Å². The van der Waals surface area contributed by atoms with Gasteiger partial charge in [-0.25, -0.2) is 0 Å². The first-order valence-electron chi connectivity index (χ1n) is 7.91. The Balaban J connectivity index is 2.19. The molecule has 1 saturated carbocycles. The van der Waals surface area contributed by atoms with Crippen molar-refractivity contribution in [1.82, 2.24) is 0 Å². The average molecular weight is 284 g/mol. The van der Waals surface area contributed by atoms with Crippen molar-refractivity contribution in [2.75, 3.05) is 6.61 Å². The van der Waals surface area contributed by atoms with E-state index in [0.717, 1.165) is 38.5 Å². The molecule has 0 spiro atoms. The Morgan fingerprint density at radius 2 is 1.85 bits per heavy atom. The fourth-order valence-electron chi connectivity index (χ4n) is 2.54. The summed E-state index contributed by atoms with van der Waals surface area (Å²) in [5, 5.41) is 0. The highest BCUT2D eigenvalue weighted by molar-refractivity contribution is 5.72. The Bertz CT molecular complexity index is 318. The SMILES string of the molecule is CCC(C)C(=O)OCCCC(=O)OC1(CC)CCCC1. The zero-order valence-corrected chi connectivity index (χ0v) is 13.1. The molecule has 0 N–H and O–H groups in total. The molecule has 0 aromatic rings. The number of hydrogen-bond donors (Lipinski definition) is 0. The molecule has 0 amide bonds. The molecule has 1 aliphatic rings. The molecule has 1 atom stereocenters. The fourth-order valence-corrected chi connectivity index (χ4v) is 2.54. The third-order valence-electron chi connectivity index (χ3n) is 4.27. The van der Waals surface area contributed by atoms with E-state index in [-0.39, 0.29) is 23.5 Å². The normalized spacial score (nSPS) is 18.6. The molecule has 0 radical (unpaired) electrons. The number of carbonyl (C=O) groups excluding carboxylic acids is 2. The molecule has 20 heavy (non-hydrogen) atoms. The van der Waals surface area contributed by atoms with Crippen LogP contribution in [0, 0.1) is 5.92 Å². The maximum Gasteiger partial charge on any atom is 0.308 e. The van der Waals surface area contributed by atoms with Crippen LogP contribution in [-0.2, 0) is 19.1 Å². The topological polar surface area (TPSA) is 52.6 Å². The summed E-state index contributed by atoms with van der Waals surface area (Å²) in [6, 6.07) is 0. The smallest absolute Gasteiger partial charge is 0.308 e. The predicted molar refractivity (Wildman–Crippen MR) is 77.2 cm³/mol. The molecule has 1 unspecified atom stereocenters. The molecule has 4 nitrogen and oxygen atoms in total. The van der Waals surface area contributed by atoms with Crippen LogP contribution >= 0.6 is 0 Å². The lowest BCUT2D eigenvalue weighted by molar-refractivity contribution is -0.161. The van der Waals surface area contributed by atoms with Crippen molar-refractivity contribution in [3.63, 3.8) is 0 Å². The van der Waals surface area contributed by atoms with Crippen LogP contribution in [0.3, 0.4) is 0 Å². The molecule has 0 aromatic carbocycles. The lowest BCUT2D eigenvalue weighted by Gasteiger charge is -2.27. The van der Waals surface area contributed by atoms with Gasteiger partial charge in [0.15, 0.2) is 0 Å². The van der Waals surface area contributed by atoms with Gasteiger partial charge in [-0.1, -0.05) is 20.8 Å². The first-order valence-corrected chi connectivity index (χ1v) is 7.91. The van der Waals surface area contributed by atoms with Crippen LogP contribution in [0.5, 0.6) is 0 Å². The summed E-state index contributed by atoms with van der Waals surface area (Å²) >= 11 is 0. The van der Waals surface area contributed by atoms with Gasteiger partial charge in [-0.3, -0.25) is 9.59 Å². The molecule has 0 aliphatic heterocycles. The van der Waals surface area contributed by atoms with E-state index in [0.29, 0.717) is 19.4 Å². The zero-order valence-electron chi connectivity index (χ0n) is 13.1. The molecule has 0 saturated heterocycles. The van der Waals surface area contributed by atoms with Gasteiger partial charge in [0.25, 0.3) is 0 Å². The maximum atomic E-state index is 11.8. The van der Waals surface area contributed by atoms with Gasteiger partial charge in [0.1, 0.15) is 5.60 Å². The second kappa shape index (κ2) is 8.28. The van der Waals surface area contributed by atoms with E-state index in [1.54, 1.807) is 0 Å². The van der Waals surface area contributed by atoms with Crippen molar-refractivity contribution in [2.24, 2.45) is 5.92 Å². The van der Waals surface area contributed by atoms with Crippen LogP contribution in [0.25, 0.3) is 0 Å². The second-order valence-electron chi connectivity index (χ2n) is 5.80. The number of carbonyl (C=O) groups is 2. The van der Waals surface area contributed by atoms with Gasteiger partial charge in [0.05, 0.1) is 12.5 Å². The molecule has 1 rings (SSSR count). The molecule has 0 bridgehead atoms. The summed E-state index contributed by atoms with van der Waals surface area (Å²) in [4.78, 5) is 23.3. The molecule has 1 fully saturated rings. The third-order valence-corrected chi connectivity index (χ3v) is 4.27. The van der Waals surface area contributed by atoms with Gasteiger partial charge in [0, 0.05) is 6.42 Å². The van der Waals surface area contributed by atoms with E-state index in [4.69, 9.17) is 9.47 Å². The highest BCUT2D eigenvalue weighted by Gasteiger charge is 2.35. The Kier molecular flexibility index (Phi) is 7.03. The predicted octanol–water partition coefficient (Wildman–Crippen LogP) is 3.62. The Hall–Kier alpha value is -1.06. The monoisotopic (exact) mass is 284 g/mol. The number of ether oxygens (including phenoxy) is 2. The highest BCUT2D eigenvalue weighted by atomic mass is 16.6. The minimum atomic E-state index is -0.218. The second-order valence-corrected chi connectivity index (χ2v) is 5.80. The fraction of sp³-hybridized carbons (Fsp3) is 0.875. The van der Waals surface area contributed by atoms with Gasteiger partial charge in [-0.15, -0.1) is 0 Å². The van der Waals surface area contributed by atoms with Gasteiger partial charge in [-0.05, 0) is 44.9 Å². The average Bonchev–Trinajstić information content (AvgIpc) is 2.91. The van der Waals surface area contributed by atoms with Crippen molar-refractivity contribution in [3.05, 3.63) is 0 Å². The molecular weight excluding hydrogens is 256 g/mol. The Morgan fingerprint density at radius 1 is 1.20 bits per heavy atom. The van der Waals surface area contributed by atoms with Crippen molar-refractivity contribution < 1.29 is 19.1 Å². The lowest BCUT2D eigenvalue weighted by atomic mass is 9.99. The third kappa shape index (κ3) is 5.14. The van der Waals surface area contributed by atoms with E-state index in [9.17, 15) is 9.59 Å². The van der Waals surface area contributed by atoms with E-state index in [2.05, 4.69) is 6.92 Å². The summed E-state index contributed by atoms with van der Waals surface area (Å²) in [5.74, 6) is -0.404. The number of hydrogen-bond acceptors (Lipinski definition) is 4. The van der Waals surface area contributed by atoms with Crippen molar-refractivity contribution in [3.8, 4) is 0 Å². The Morgan fingerprint density at radius 3 is 2.40 bits per heavy atom. The first-order chi connectivity index (χ1) is 9.53. The number of rotatable bonds is 8. The lowest BCUT2D eigenvalue weighted by Crippen LogP contribution is -2.31. The van der Waals surface area contributed by atoms with Crippen LogP contribution in [-0.4, -0.2) is 24.1 Å². The quantitative estimate of drug-likeness (QED) is 0.504. The van der Waals surface area contributed by atoms with Crippen molar-refractivity contribution in [1.29, 1.82) is 0 Å². The Labute approximate surface area is 122 Å². The van der Waals surface area contributed by atoms with E-state index in [1.165, 1.54) is 0 Å². The van der Waals surface area contributed by atoms with Crippen molar-refractivity contribution in [2.45, 2.75) is 77.7 Å². The molecule has 0 aromatic heterocycles. The molecule has 1 aliphatic carbocycles. The summed E-state index contributed by atoms with van der Waals surface area (Å²) in [7, 11) is 0. The van der Waals surface area contributed by atoms with Crippen LogP contribution in [0.1, 0.15) is 72.1 Å². The zero-order chi connectivity index (χ0) is 15.0. The van der Waals surface area contributed by atoms with Crippen LogP contribution in [0.4, 0.5) is 0 Å². The molecule has 0 heterocycles. The largest absolute Gasteiger partial charge is 0.465 e. The van der Waals surface area contributed by atoms with Gasteiger partial charge < -0.3 is 9.47 Å². The first kappa shape index (κ1) is 17.0. The highest BCUT2D eigenvalue weighted by Crippen LogP contribution is 2.36. The minimum absolute atomic E-state index is 0.0659. The van der Waals surface area contributed by atoms with Crippen LogP contribution < -0.4 is 0 Å². The van der Waals surface area contributed by atoms with Gasteiger partial charge in [0.2, 0.25) is 0 Å². The van der Waals surface area contributed by atoms with Crippen LogP contribution in [0.2, 0.25) is 0 Å². The molecule has 116 valence electrons. The van der Waals surface area contributed by atoms with E-state index < -0.39 is 0 Å². The summed E-state index contributed by atoms with van der Waals surface area (Å²) in [5.41, 5.74) is -0.218. The van der Waals surface area contributed by atoms with E-state index in [1.807, 2.05) is 13.8 Å². The van der Waals surface area contributed by atoms with Gasteiger partial charge in [-0.2, -0.15) is 0 Å². The van der Waals surface area contributed by atoms with Gasteiger partial charge >= 0.3 is 11.9 Å². The van der Waals surface area contributed by atoms with Crippen molar-refractivity contribution >= 4 is 11.9 Å². The summed E-state index contributed by atoms with van der Waals surface area (Å²) in [6.45, 7) is 6.18. The standard InChI is InChI=1S/C16H28O4/c1-4-13(3)15(18)19-12-8-9-14(17)20-16(5-2)10-6-7-11-16/h13H,4-12H2,1-3H3. The number of esters is 2. The summed E-state index contributed by atoms with van der Waals surface area (Å²) < 4.78 is 10.8.